The molecule has 0 spiro atoms. The number of rotatable bonds is 10. The lowest BCUT2D eigenvalue weighted by Crippen LogP contribution is -2.02. The van der Waals surface area contributed by atoms with Crippen molar-refractivity contribution in [1.82, 2.24) is 19.5 Å². The maximum absolute atomic E-state index is 6.11. The standard InChI is InChI=1S/C21H27N5S/c1-2-3-4-5-9-14-26-16-23-18-19(22)24-21(25-20(18)26)27-15-10-13-17-11-7-6-8-12-17/h3-4,6-8,11-12,16H,2,5,9-10,13-15H2,1H3,(H2,22,24,25)/b4-3+. The van der Waals surface area contributed by atoms with Crippen LogP contribution in [-0.2, 0) is 13.0 Å². The number of allylic oxidation sites excluding steroid dienone is 2. The number of thioether (sulfide) groups is 1. The van der Waals surface area contributed by atoms with Crippen molar-refractivity contribution in [3.8, 4) is 0 Å². The van der Waals surface area contributed by atoms with Gasteiger partial charge in [-0.25, -0.2) is 15.0 Å². The van der Waals surface area contributed by atoms with E-state index in [0.717, 1.165) is 55.2 Å². The second kappa shape index (κ2) is 10.1. The van der Waals surface area contributed by atoms with Crippen molar-refractivity contribution in [1.29, 1.82) is 0 Å². The zero-order valence-electron chi connectivity index (χ0n) is 15.8. The van der Waals surface area contributed by atoms with E-state index in [2.05, 4.69) is 57.9 Å². The molecule has 142 valence electrons. The van der Waals surface area contributed by atoms with Gasteiger partial charge in [0.05, 0.1) is 6.33 Å². The van der Waals surface area contributed by atoms with Crippen LogP contribution in [0.2, 0.25) is 0 Å². The Labute approximate surface area is 165 Å². The number of anilines is 1. The lowest BCUT2D eigenvalue weighted by Gasteiger charge is -2.05. The highest BCUT2D eigenvalue weighted by molar-refractivity contribution is 7.99. The van der Waals surface area contributed by atoms with Crippen LogP contribution in [0.25, 0.3) is 11.2 Å². The van der Waals surface area contributed by atoms with E-state index in [1.54, 1.807) is 11.8 Å². The molecule has 0 amide bonds. The summed E-state index contributed by atoms with van der Waals surface area (Å²) in [6.45, 7) is 3.04. The highest BCUT2D eigenvalue weighted by Gasteiger charge is 2.11. The van der Waals surface area contributed by atoms with Gasteiger partial charge in [-0.1, -0.05) is 61.2 Å². The van der Waals surface area contributed by atoms with Gasteiger partial charge in [0, 0.05) is 12.3 Å². The molecule has 3 aromatic rings. The zero-order chi connectivity index (χ0) is 18.9. The Morgan fingerprint density at radius 3 is 2.78 bits per heavy atom. The van der Waals surface area contributed by atoms with Gasteiger partial charge in [-0.3, -0.25) is 0 Å². The summed E-state index contributed by atoms with van der Waals surface area (Å²) in [5.74, 6) is 1.44. The first-order chi connectivity index (χ1) is 13.3. The number of nitrogens with two attached hydrogens (primary N) is 1. The van der Waals surface area contributed by atoms with Crippen molar-refractivity contribution in [2.75, 3.05) is 11.5 Å². The fourth-order valence-electron chi connectivity index (χ4n) is 2.92. The van der Waals surface area contributed by atoms with Crippen molar-refractivity contribution < 1.29 is 0 Å². The molecule has 0 aliphatic heterocycles. The Kier molecular flexibility index (Phi) is 7.27. The minimum absolute atomic E-state index is 0.468. The molecule has 0 atom stereocenters. The lowest BCUT2D eigenvalue weighted by molar-refractivity contribution is 0.658. The molecule has 0 bridgehead atoms. The van der Waals surface area contributed by atoms with E-state index in [1.165, 1.54) is 5.56 Å². The number of aryl methyl sites for hydroxylation is 2. The van der Waals surface area contributed by atoms with Crippen LogP contribution in [-0.4, -0.2) is 25.3 Å². The number of unbranched alkanes of at least 4 members (excludes halogenated alkanes) is 1. The number of fused-ring (bicyclic) bond motifs is 1. The molecule has 0 saturated carbocycles. The minimum Gasteiger partial charge on any atom is -0.382 e. The quantitative estimate of drug-likeness (QED) is 0.235. The molecule has 3 rings (SSSR count). The monoisotopic (exact) mass is 381 g/mol. The fraction of sp³-hybridized carbons (Fsp3) is 0.381. The number of imidazole rings is 1. The topological polar surface area (TPSA) is 69.6 Å². The van der Waals surface area contributed by atoms with Gasteiger partial charge >= 0.3 is 0 Å². The maximum atomic E-state index is 6.11. The van der Waals surface area contributed by atoms with E-state index in [-0.39, 0.29) is 0 Å². The molecule has 2 N–H and O–H groups in total. The van der Waals surface area contributed by atoms with Crippen LogP contribution in [0.3, 0.4) is 0 Å². The number of aromatic nitrogens is 4. The van der Waals surface area contributed by atoms with Gasteiger partial charge in [-0.05, 0) is 37.7 Å². The molecule has 0 fully saturated rings. The molecule has 0 aliphatic carbocycles. The summed E-state index contributed by atoms with van der Waals surface area (Å²) in [7, 11) is 0. The van der Waals surface area contributed by atoms with E-state index in [0.29, 0.717) is 11.3 Å². The van der Waals surface area contributed by atoms with Crippen molar-refractivity contribution >= 4 is 28.7 Å². The molecule has 1 aromatic carbocycles. The van der Waals surface area contributed by atoms with Gasteiger partial charge in [0.15, 0.2) is 16.6 Å². The SMILES string of the molecule is CC/C=C/CCCn1cnc2c(N)nc(SCCCc3ccccc3)nc21. The Balaban J connectivity index is 1.58. The molecular formula is C21H27N5S. The number of hydrogen-bond acceptors (Lipinski definition) is 5. The molecular weight excluding hydrogens is 354 g/mol. The fourth-order valence-corrected chi connectivity index (χ4v) is 3.71. The minimum atomic E-state index is 0.468. The van der Waals surface area contributed by atoms with Crippen LogP contribution < -0.4 is 5.73 Å². The van der Waals surface area contributed by atoms with E-state index in [1.807, 2.05) is 12.4 Å². The molecule has 0 unspecified atom stereocenters. The first-order valence-electron chi connectivity index (χ1n) is 9.58. The molecule has 2 aromatic heterocycles. The lowest BCUT2D eigenvalue weighted by atomic mass is 10.1. The smallest absolute Gasteiger partial charge is 0.191 e. The summed E-state index contributed by atoms with van der Waals surface area (Å²) in [5.41, 5.74) is 9.02. The van der Waals surface area contributed by atoms with E-state index in [4.69, 9.17) is 10.7 Å². The van der Waals surface area contributed by atoms with Gasteiger partial charge in [0.25, 0.3) is 0 Å². The molecule has 2 heterocycles. The van der Waals surface area contributed by atoms with Crippen LogP contribution in [0.5, 0.6) is 0 Å². The second-order valence-electron chi connectivity index (χ2n) is 6.46. The van der Waals surface area contributed by atoms with E-state index >= 15 is 0 Å². The third kappa shape index (κ3) is 5.57. The molecule has 0 radical (unpaired) electrons. The molecule has 5 nitrogen and oxygen atoms in total. The van der Waals surface area contributed by atoms with Crippen molar-refractivity contribution in [2.24, 2.45) is 0 Å². The van der Waals surface area contributed by atoms with Gasteiger partial charge in [0.2, 0.25) is 0 Å². The Morgan fingerprint density at radius 1 is 1.11 bits per heavy atom. The first kappa shape index (κ1) is 19.4. The Hall–Kier alpha value is -2.34. The third-order valence-electron chi connectivity index (χ3n) is 4.33. The number of benzene rings is 1. The average Bonchev–Trinajstić information content (AvgIpc) is 3.09. The predicted octanol–water partition coefficient (Wildman–Crippen LogP) is 4.88. The highest BCUT2D eigenvalue weighted by Crippen LogP contribution is 2.22. The molecule has 0 saturated heterocycles. The summed E-state index contributed by atoms with van der Waals surface area (Å²) in [6, 6.07) is 10.5. The molecule has 0 aliphatic rings. The maximum Gasteiger partial charge on any atom is 0.191 e. The van der Waals surface area contributed by atoms with Gasteiger partial charge in [0.1, 0.15) is 5.52 Å². The van der Waals surface area contributed by atoms with E-state index < -0.39 is 0 Å². The third-order valence-corrected chi connectivity index (χ3v) is 5.26. The largest absolute Gasteiger partial charge is 0.382 e. The zero-order valence-corrected chi connectivity index (χ0v) is 16.7. The summed E-state index contributed by atoms with van der Waals surface area (Å²) in [4.78, 5) is 13.5. The predicted molar refractivity (Wildman–Crippen MR) is 114 cm³/mol. The number of nitrogen functional groups attached to an aromatic ring is 1. The summed E-state index contributed by atoms with van der Waals surface area (Å²) >= 11 is 1.66. The van der Waals surface area contributed by atoms with Gasteiger partial charge in [-0.2, -0.15) is 0 Å². The molecule has 27 heavy (non-hydrogen) atoms. The van der Waals surface area contributed by atoms with Gasteiger partial charge < -0.3 is 10.3 Å². The first-order valence-corrected chi connectivity index (χ1v) is 10.6. The van der Waals surface area contributed by atoms with Crippen LogP contribution in [0.1, 0.15) is 38.2 Å². The van der Waals surface area contributed by atoms with E-state index in [9.17, 15) is 0 Å². The van der Waals surface area contributed by atoms with Crippen molar-refractivity contribution in [2.45, 2.75) is 50.7 Å². The summed E-state index contributed by atoms with van der Waals surface area (Å²) in [5, 5.41) is 0.737. The van der Waals surface area contributed by atoms with Crippen molar-refractivity contribution in [3.63, 3.8) is 0 Å². The number of nitrogens with zero attached hydrogens (tertiary/aromatic N) is 4. The average molecular weight is 382 g/mol. The highest BCUT2D eigenvalue weighted by atomic mass is 32.2. The Bertz CT molecular complexity index is 873. The molecule has 6 heteroatoms. The van der Waals surface area contributed by atoms with Crippen LogP contribution >= 0.6 is 11.8 Å². The summed E-state index contributed by atoms with van der Waals surface area (Å²) < 4.78 is 2.08. The van der Waals surface area contributed by atoms with Crippen LogP contribution in [0.15, 0.2) is 54.0 Å². The van der Waals surface area contributed by atoms with Crippen LogP contribution in [0.4, 0.5) is 5.82 Å². The number of hydrogen-bond donors (Lipinski definition) is 1. The summed E-state index contributed by atoms with van der Waals surface area (Å²) in [6.07, 6.45) is 11.6. The van der Waals surface area contributed by atoms with Gasteiger partial charge in [-0.15, -0.1) is 0 Å². The second-order valence-corrected chi connectivity index (χ2v) is 7.52. The van der Waals surface area contributed by atoms with Crippen molar-refractivity contribution in [3.05, 3.63) is 54.4 Å². The van der Waals surface area contributed by atoms with Crippen LogP contribution in [0, 0.1) is 0 Å². The normalized spacial score (nSPS) is 11.6. The Morgan fingerprint density at radius 2 is 1.96 bits per heavy atom.